The van der Waals surface area contributed by atoms with Crippen molar-refractivity contribution in [3.8, 4) is 22.8 Å². The van der Waals surface area contributed by atoms with Gasteiger partial charge in [-0.2, -0.15) is 0 Å². The van der Waals surface area contributed by atoms with E-state index in [9.17, 15) is 0 Å². The summed E-state index contributed by atoms with van der Waals surface area (Å²) in [6, 6.07) is 37.6. The Hall–Kier alpha value is -5.19. The molecule has 8 aromatic rings. The Morgan fingerprint density at radius 2 is 1.16 bits per heavy atom. The molecule has 0 unspecified atom stereocenters. The third kappa shape index (κ3) is 3.60. The first-order valence-corrected chi connectivity index (χ1v) is 16.7. The zero-order valence-corrected chi connectivity index (χ0v) is 25.5. The minimum Gasteiger partial charge on any atom is -0.294 e. The lowest BCUT2D eigenvalue weighted by molar-refractivity contribution is 0.922. The highest BCUT2D eigenvalue weighted by molar-refractivity contribution is 7.26. The number of thiophene rings is 1. The van der Waals surface area contributed by atoms with Crippen molar-refractivity contribution in [3.05, 3.63) is 138 Å². The highest BCUT2D eigenvalue weighted by atomic mass is 32.1. The molecule has 214 valence electrons. The zero-order chi connectivity index (χ0) is 29.5. The van der Waals surface area contributed by atoms with Crippen LogP contribution < -0.4 is 0 Å². The normalized spacial score (nSPS) is 14.1. The molecule has 3 nitrogen and oxygen atoms in total. The molecule has 0 saturated carbocycles. The van der Waals surface area contributed by atoms with Gasteiger partial charge in [-0.05, 0) is 73.2 Å². The number of allylic oxidation sites excluding steroid dienone is 2. The fourth-order valence-electron chi connectivity index (χ4n) is 7.80. The van der Waals surface area contributed by atoms with E-state index in [2.05, 4.69) is 137 Å². The van der Waals surface area contributed by atoms with E-state index in [1.165, 1.54) is 75.6 Å². The minimum absolute atomic E-state index is 0.936. The molecular weight excluding hydrogens is 567 g/mol. The largest absolute Gasteiger partial charge is 0.294 e. The van der Waals surface area contributed by atoms with Crippen molar-refractivity contribution >= 4 is 65.5 Å². The van der Waals surface area contributed by atoms with Crippen LogP contribution in [0.1, 0.15) is 35.4 Å². The van der Waals surface area contributed by atoms with E-state index >= 15 is 0 Å². The molecule has 4 heteroatoms. The third-order valence-corrected chi connectivity index (χ3v) is 10.9. The number of fused-ring (bicyclic) bond motifs is 9. The number of para-hydroxylation sites is 2. The lowest BCUT2D eigenvalue weighted by atomic mass is 9.94. The molecule has 45 heavy (non-hydrogen) atoms. The van der Waals surface area contributed by atoms with Gasteiger partial charge in [0.1, 0.15) is 11.6 Å². The summed E-state index contributed by atoms with van der Waals surface area (Å²) in [6.45, 7) is 0. The SMILES string of the molecule is C1=Cc2c(c3c(n2-c2cccc(-n4c5ccccc5c5cccc(-c6cccc7c6sc6ccccc67)c54)n2)C=CCC3)CC1. The van der Waals surface area contributed by atoms with Gasteiger partial charge in [-0.1, -0.05) is 91.0 Å². The van der Waals surface area contributed by atoms with Crippen LogP contribution in [-0.4, -0.2) is 14.1 Å². The van der Waals surface area contributed by atoms with Crippen LogP contribution in [0.4, 0.5) is 0 Å². The molecule has 2 aliphatic carbocycles. The van der Waals surface area contributed by atoms with Crippen LogP contribution in [0.5, 0.6) is 0 Å². The average molecular weight is 596 g/mol. The molecule has 0 aliphatic heterocycles. The van der Waals surface area contributed by atoms with E-state index in [0.717, 1.165) is 37.3 Å². The highest BCUT2D eigenvalue weighted by Gasteiger charge is 2.25. The second kappa shape index (κ2) is 9.65. The number of benzene rings is 4. The van der Waals surface area contributed by atoms with Crippen molar-refractivity contribution in [2.24, 2.45) is 0 Å². The highest BCUT2D eigenvalue weighted by Crippen LogP contribution is 2.44. The van der Waals surface area contributed by atoms with Crippen molar-refractivity contribution in [2.45, 2.75) is 25.7 Å². The summed E-state index contributed by atoms with van der Waals surface area (Å²) in [5, 5.41) is 5.13. The molecule has 2 aliphatic rings. The second-order valence-electron chi connectivity index (χ2n) is 12.1. The Morgan fingerprint density at radius 1 is 0.533 bits per heavy atom. The summed E-state index contributed by atoms with van der Waals surface area (Å²) in [5.41, 5.74) is 10.5. The molecule has 0 bridgehead atoms. The molecule has 0 fully saturated rings. The minimum atomic E-state index is 0.936. The van der Waals surface area contributed by atoms with Gasteiger partial charge in [0, 0.05) is 42.1 Å². The average Bonchev–Trinajstić information content (AvgIpc) is 3.76. The molecular formula is C41H29N3S. The standard InChI is InChI=1S/C41H29N3S/c1-5-20-34-26(12-1)27-13-2-6-21-35(27)43(34)38-24-11-25-39(42-38)44-36-22-7-3-14-28(36)30-16-9-17-31(40(30)44)33-19-10-18-32-29-15-4-8-23-37(29)45-41(32)33/h3-11,14-25H,1-2,12-13H2. The molecule has 0 spiro atoms. The fraction of sp³-hybridized carbons (Fsp3) is 0.0976. The molecule has 4 aromatic heterocycles. The lowest BCUT2D eigenvalue weighted by Crippen LogP contribution is -2.07. The Kier molecular flexibility index (Phi) is 5.40. The van der Waals surface area contributed by atoms with Crippen molar-refractivity contribution in [1.82, 2.24) is 14.1 Å². The lowest BCUT2D eigenvalue weighted by Gasteiger charge is -2.15. The summed E-state index contributed by atoms with van der Waals surface area (Å²) in [4.78, 5) is 5.47. The summed E-state index contributed by atoms with van der Waals surface area (Å²) in [6.07, 6.45) is 13.7. The monoisotopic (exact) mass is 595 g/mol. The number of pyridine rings is 1. The molecule has 10 rings (SSSR count). The van der Waals surface area contributed by atoms with Crippen LogP contribution in [0, 0.1) is 0 Å². The van der Waals surface area contributed by atoms with Gasteiger partial charge in [0.15, 0.2) is 0 Å². The zero-order valence-electron chi connectivity index (χ0n) is 24.7. The summed E-state index contributed by atoms with van der Waals surface area (Å²) >= 11 is 1.89. The van der Waals surface area contributed by atoms with E-state index in [1.54, 1.807) is 0 Å². The predicted octanol–water partition coefficient (Wildman–Crippen LogP) is 10.9. The topological polar surface area (TPSA) is 22.8 Å². The first-order chi connectivity index (χ1) is 22.3. The van der Waals surface area contributed by atoms with Gasteiger partial charge in [-0.3, -0.25) is 9.13 Å². The first kappa shape index (κ1) is 25.2. The maximum absolute atomic E-state index is 5.47. The van der Waals surface area contributed by atoms with Crippen molar-refractivity contribution in [3.63, 3.8) is 0 Å². The maximum Gasteiger partial charge on any atom is 0.140 e. The van der Waals surface area contributed by atoms with Crippen LogP contribution in [0.15, 0.2) is 115 Å². The Bertz CT molecular complexity index is 2510. The number of nitrogens with zero attached hydrogens (tertiary/aromatic N) is 3. The molecule has 0 amide bonds. The van der Waals surface area contributed by atoms with E-state index in [4.69, 9.17) is 4.98 Å². The molecule has 0 atom stereocenters. The summed E-state index contributed by atoms with van der Waals surface area (Å²) in [5.74, 6) is 1.91. The first-order valence-electron chi connectivity index (χ1n) is 15.9. The maximum atomic E-state index is 5.47. The Morgan fingerprint density at radius 3 is 1.96 bits per heavy atom. The van der Waals surface area contributed by atoms with Gasteiger partial charge in [-0.25, -0.2) is 4.98 Å². The van der Waals surface area contributed by atoms with Gasteiger partial charge in [-0.15, -0.1) is 11.3 Å². The van der Waals surface area contributed by atoms with Gasteiger partial charge >= 0.3 is 0 Å². The van der Waals surface area contributed by atoms with E-state index in [0.29, 0.717) is 0 Å². The molecule has 0 saturated heterocycles. The molecule has 4 heterocycles. The van der Waals surface area contributed by atoms with Gasteiger partial charge in [0.2, 0.25) is 0 Å². The number of rotatable bonds is 3. The second-order valence-corrected chi connectivity index (χ2v) is 13.2. The number of hydrogen-bond acceptors (Lipinski definition) is 2. The van der Waals surface area contributed by atoms with Gasteiger partial charge in [0.05, 0.1) is 22.4 Å². The van der Waals surface area contributed by atoms with E-state index < -0.39 is 0 Å². The van der Waals surface area contributed by atoms with Crippen LogP contribution >= 0.6 is 11.3 Å². The molecule has 4 aromatic carbocycles. The van der Waals surface area contributed by atoms with E-state index in [1.807, 2.05) is 11.3 Å². The predicted molar refractivity (Wildman–Crippen MR) is 191 cm³/mol. The van der Waals surface area contributed by atoms with Crippen molar-refractivity contribution in [1.29, 1.82) is 0 Å². The molecule has 0 radical (unpaired) electrons. The van der Waals surface area contributed by atoms with Gasteiger partial charge < -0.3 is 0 Å². The van der Waals surface area contributed by atoms with Crippen LogP contribution in [0.3, 0.4) is 0 Å². The Balaban J connectivity index is 1.27. The quantitative estimate of drug-likeness (QED) is 0.199. The van der Waals surface area contributed by atoms with Crippen LogP contribution in [-0.2, 0) is 12.8 Å². The number of aromatic nitrogens is 3. The third-order valence-electron chi connectivity index (χ3n) is 9.71. The Labute approximate surface area is 265 Å². The summed E-state index contributed by atoms with van der Waals surface area (Å²) < 4.78 is 7.44. The fourth-order valence-corrected chi connectivity index (χ4v) is 9.03. The number of hydrogen-bond donors (Lipinski definition) is 0. The van der Waals surface area contributed by atoms with Crippen LogP contribution in [0.25, 0.3) is 76.9 Å². The summed E-state index contributed by atoms with van der Waals surface area (Å²) in [7, 11) is 0. The van der Waals surface area contributed by atoms with E-state index in [-0.39, 0.29) is 0 Å². The van der Waals surface area contributed by atoms with Crippen molar-refractivity contribution in [2.75, 3.05) is 0 Å². The van der Waals surface area contributed by atoms with Gasteiger partial charge in [0.25, 0.3) is 0 Å². The molecule has 0 N–H and O–H groups in total. The van der Waals surface area contributed by atoms with Crippen molar-refractivity contribution < 1.29 is 0 Å². The van der Waals surface area contributed by atoms with Crippen LogP contribution in [0.2, 0.25) is 0 Å². The smallest absolute Gasteiger partial charge is 0.140 e.